The lowest BCUT2D eigenvalue weighted by Gasteiger charge is -2.11. The Labute approximate surface area is 118 Å². The first-order valence-corrected chi connectivity index (χ1v) is 6.29. The maximum absolute atomic E-state index is 5.96. The molecule has 1 heterocycles. The van der Waals surface area contributed by atoms with Crippen molar-refractivity contribution in [1.82, 2.24) is 9.97 Å². The zero-order chi connectivity index (χ0) is 13.1. The van der Waals surface area contributed by atoms with Crippen molar-refractivity contribution in [3.63, 3.8) is 0 Å². The summed E-state index contributed by atoms with van der Waals surface area (Å²) in [5.74, 6) is 6.30. The summed E-state index contributed by atoms with van der Waals surface area (Å²) in [5.41, 5.74) is 4.14. The molecule has 7 heteroatoms. The molecule has 0 aliphatic heterocycles. The zero-order valence-electron chi connectivity index (χ0n) is 9.54. The Morgan fingerprint density at radius 3 is 2.89 bits per heavy atom. The minimum atomic E-state index is 0.348. The monoisotopic (exact) mass is 327 g/mol. The Morgan fingerprint density at radius 2 is 2.17 bits per heavy atom. The number of nitrogens with one attached hydrogen (secondary N) is 2. The molecule has 0 saturated heterocycles. The van der Waals surface area contributed by atoms with Crippen molar-refractivity contribution in [3.05, 3.63) is 39.5 Å². The molecule has 0 amide bonds. The molecule has 94 valence electrons. The summed E-state index contributed by atoms with van der Waals surface area (Å²) >= 11 is 9.40. The predicted molar refractivity (Wildman–Crippen MR) is 77.0 cm³/mol. The minimum Gasteiger partial charge on any atom is -0.339 e. The van der Waals surface area contributed by atoms with Crippen LogP contribution in [0, 0.1) is 6.92 Å². The third-order valence-corrected chi connectivity index (χ3v) is 3.21. The molecule has 18 heavy (non-hydrogen) atoms. The van der Waals surface area contributed by atoms with Crippen LogP contribution in [0.15, 0.2) is 28.9 Å². The second-order valence-corrected chi connectivity index (χ2v) is 4.91. The van der Waals surface area contributed by atoms with Crippen LogP contribution in [0.1, 0.15) is 5.56 Å². The molecule has 2 rings (SSSR count). The van der Waals surface area contributed by atoms with Crippen molar-refractivity contribution in [3.8, 4) is 0 Å². The molecule has 0 atom stereocenters. The number of rotatable bonds is 3. The second-order valence-electron chi connectivity index (χ2n) is 3.62. The smallest absolute Gasteiger partial charge is 0.239 e. The SMILES string of the molecule is Cc1cnc(NN)nc1Nc1cc(Cl)ccc1Br. The number of nitrogens with two attached hydrogens (primary N) is 1. The predicted octanol–water partition coefficient (Wildman–Crippen LogP) is 3.23. The first-order valence-electron chi connectivity index (χ1n) is 5.12. The highest BCUT2D eigenvalue weighted by Gasteiger charge is 2.06. The van der Waals surface area contributed by atoms with Crippen LogP contribution in [0.5, 0.6) is 0 Å². The molecule has 0 fully saturated rings. The van der Waals surface area contributed by atoms with E-state index in [1.54, 1.807) is 12.3 Å². The molecule has 0 radical (unpaired) electrons. The van der Waals surface area contributed by atoms with Gasteiger partial charge in [-0.25, -0.2) is 10.8 Å². The normalized spacial score (nSPS) is 10.2. The second kappa shape index (κ2) is 5.51. The summed E-state index contributed by atoms with van der Waals surface area (Å²) in [6, 6.07) is 5.47. The van der Waals surface area contributed by atoms with E-state index in [0.717, 1.165) is 15.7 Å². The molecule has 1 aromatic carbocycles. The van der Waals surface area contributed by atoms with Crippen LogP contribution >= 0.6 is 27.5 Å². The lowest BCUT2D eigenvalue weighted by atomic mass is 10.3. The Hall–Kier alpha value is -1.37. The molecule has 1 aromatic heterocycles. The average molecular weight is 329 g/mol. The van der Waals surface area contributed by atoms with Gasteiger partial charge in [-0.05, 0) is 41.1 Å². The number of halogens is 2. The molecule has 4 N–H and O–H groups in total. The molecular weight excluding hydrogens is 318 g/mol. The van der Waals surface area contributed by atoms with Crippen LogP contribution < -0.4 is 16.6 Å². The maximum atomic E-state index is 5.96. The molecule has 2 aromatic rings. The summed E-state index contributed by atoms with van der Waals surface area (Å²) in [7, 11) is 0. The maximum Gasteiger partial charge on any atom is 0.239 e. The van der Waals surface area contributed by atoms with Crippen LogP contribution in [0.4, 0.5) is 17.5 Å². The largest absolute Gasteiger partial charge is 0.339 e. The van der Waals surface area contributed by atoms with Gasteiger partial charge >= 0.3 is 0 Å². The van der Waals surface area contributed by atoms with Gasteiger partial charge < -0.3 is 5.32 Å². The van der Waals surface area contributed by atoms with Crippen LogP contribution in [0.25, 0.3) is 0 Å². The molecule has 0 spiro atoms. The van der Waals surface area contributed by atoms with Crippen molar-refractivity contribution in [2.45, 2.75) is 6.92 Å². The Bertz CT molecular complexity index is 575. The van der Waals surface area contributed by atoms with E-state index >= 15 is 0 Å². The number of hydrogen-bond acceptors (Lipinski definition) is 5. The van der Waals surface area contributed by atoms with E-state index < -0.39 is 0 Å². The Morgan fingerprint density at radius 1 is 1.39 bits per heavy atom. The summed E-state index contributed by atoms with van der Waals surface area (Å²) in [6.07, 6.45) is 1.68. The van der Waals surface area contributed by atoms with Gasteiger partial charge in [-0.2, -0.15) is 4.98 Å². The highest BCUT2D eigenvalue weighted by Crippen LogP contribution is 2.29. The van der Waals surface area contributed by atoms with E-state index in [2.05, 4.69) is 36.6 Å². The van der Waals surface area contributed by atoms with Crippen LogP contribution in [0.2, 0.25) is 5.02 Å². The number of nitrogens with zero attached hydrogens (tertiary/aromatic N) is 2. The number of hydrogen-bond donors (Lipinski definition) is 3. The van der Waals surface area contributed by atoms with Crippen molar-refractivity contribution in [2.24, 2.45) is 5.84 Å². The van der Waals surface area contributed by atoms with E-state index in [9.17, 15) is 0 Å². The number of hydrazine groups is 1. The minimum absolute atomic E-state index is 0.348. The number of aromatic nitrogens is 2. The van der Waals surface area contributed by atoms with Crippen molar-refractivity contribution < 1.29 is 0 Å². The number of benzene rings is 1. The fraction of sp³-hybridized carbons (Fsp3) is 0.0909. The van der Waals surface area contributed by atoms with Gasteiger partial charge in [-0.15, -0.1) is 0 Å². The van der Waals surface area contributed by atoms with Gasteiger partial charge in [0, 0.05) is 21.3 Å². The first-order chi connectivity index (χ1) is 8.60. The fourth-order valence-corrected chi connectivity index (χ4v) is 1.88. The zero-order valence-corrected chi connectivity index (χ0v) is 11.9. The molecule has 0 unspecified atom stereocenters. The van der Waals surface area contributed by atoms with E-state index in [1.165, 1.54) is 0 Å². The molecular formula is C11H11BrClN5. The third kappa shape index (κ3) is 2.90. The topological polar surface area (TPSA) is 75.9 Å². The quantitative estimate of drug-likeness (QED) is 0.596. The van der Waals surface area contributed by atoms with E-state index in [-0.39, 0.29) is 0 Å². The van der Waals surface area contributed by atoms with Gasteiger partial charge in [0.2, 0.25) is 5.95 Å². The van der Waals surface area contributed by atoms with Gasteiger partial charge in [0.1, 0.15) is 5.82 Å². The van der Waals surface area contributed by atoms with E-state index in [1.807, 2.05) is 19.1 Å². The third-order valence-electron chi connectivity index (χ3n) is 2.28. The summed E-state index contributed by atoms with van der Waals surface area (Å²) in [6.45, 7) is 1.90. The van der Waals surface area contributed by atoms with Crippen molar-refractivity contribution >= 4 is 45.0 Å². The standard InChI is InChI=1S/C11H11BrClN5/c1-6-5-15-11(18-14)17-10(6)16-9-4-7(13)2-3-8(9)12/h2-5H,14H2,1H3,(H2,15,16,17,18). The lowest BCUT2D eigenvalue weighted by Crippen LogP contribution is -2.11. The van der Waals surface area contributed by atoms with Crippen molar-refractivity contribution in [1.29, 1.82) is 0 Å². The van der Waals surface area contributed by atoms with Crippen LogP contribution in [-0.4, -0.2) is 9.97 Å². The number of aryl methyl sites for hydroxylation is 1. The molecule has 5 nitrogen and oxygen atoms in total. The van der Waals surface area contributed by atoms with E-state index in [0.29, 0.717) is 16.8 Å². The van der Waals surface area contributed by atoms with Gasteiger partial charge in [0.25, 0.3) is 0 Å². The van der Waals surface area contributed by atoms with Gasteiger partial charge in [-0.1, -0.05) is 11.6 Å². The van der Waals surface area contributed by atoms with Crippen LogP contribution in [0.3, 0.4) is 0 Å². The van der Waals surface area contributed by atoms with Gasteiger partial charge in [0.05, 0.1) is 5.69 Å². The highest BCUT2D eigenvalue weighted by molar-refractivity contribution is 9.10. The lowest BCUT2D eigenvalue weighted by molar-refractivity contribution is 1.09. The van der Waals surface area contributed by atoms with Gasteiger partial charge in [-0.3, -0.25) is 5.43 Å². The number of anilines is 3. The Balaban J connectivity index is 2.36. The molecule has 0 saturated carbocycles. The molecule has 0 aliphatic rings. The molecule has 0 bridgehead atoms. The summed E-state index contributed by atoms with van der Waals surface area (Å²) in [4.78, 5) is 8.25. The average Bonchev–Trinajstić information content (AvgIpc) is 2.36. The van der Waals surface area contributed by atoms with Gasteiger partial charge in [0.15, 0.2) is 0 Å². The molecule has 0 aliphatic carbocycles. The fourth-order valence-electron chi connectivity index (χ4n) is 1.36. The summed E-state index contributed by atoms with van der Waals surface area (Å²) in [5, 5.41) is 3.82. The summed E-state index contributed by atoms with van der Waals surface area (Å²) < 4.78 is 0.896. The first kappa shape index (κ1) is 13.1. The highest BCUT2D eigenvalue weighted by atomic mass is 79.9. The van der Waals surface area contributed by atoms with Crippen LogP contribution in [-0.2, 0) is 0 Å². The van der Waals surface area contributed by atoms with Crippen molar-refractivity contribution in [2.75, 3.05) is 10.7 Å². The Kier molecular flexibility index (Phi) is 4.00. The number of nitrogen functional groups attached to an aromatic ring is 1. The van der Waals surface area contributed by atoms with E-state index in [4.69, 9.17) is 17.4 Å².